The first-order valence-electron chi connectivity index (χ1n) is 6.36. The van der Waals surface area contributed by atoms with Crippen LogP contribution < -0.4 is 5.32 Å². The predicted molar refractivity (Wildman–Crippen MR) is 77.3 cm³/mol. The fourth-order valence-electron chi connectivity index (χ4n) is 1.75. The van der Waals surface area contributed by atoms with Crippen LogP contribution in [0.5, 0.6) is 0 Å². The molecule has 0 saturated heterocycles. The van der Waals surface area contributed by atoms with Crippen LogP contribution in [0, 0.1) is 0 Å². The second-order valence-corrected chi connectivity index (χ2v) is 4.89. The number of hydrogen-bond acceptors (Lipinski definition) is 3. The zero-order valence-electron chi connectivity index (χ0n) is 11.0. The predicted octanol–water partition coefficient (Wildman–Crippen LogP) is 4.06. The van der Waals surface area contributed by atoms with Gasteiger partial charge in [0.2, 0.25) is 0 Å². The maximum atomic E-state index is 6.02. The number of rotatable bonds is 4. The van der Waals surface area contributed by atoms with Crippen LogP contribution >= 0.6 is 11.6 Å². The molecule has 1 atom stereocenters. The summed E-state index contributed by atoms with van der Waals surface area (Å²) < 4.78 is 0. The standard InChI is InChI=1S/C14H18ClN3/c1-4-9(3)16-14-11-7-6-10(15)8-12(11)17-13(5-2)18-14/h6-9H,4-5H2,1-3H3,(H,16,17,18)/t9-/m0/s1. The number of halogens is 1. The van der Waals surface area contributed by atoms with Crippen LogP contribution in [0.1, 0.15) is 33.0 Å². The van der Waals surface area contributed by atoms with Gasteiger partial charge in [0.15, 0.2) is 0 Å². The molecular formula is C14H18ClN3. The van der Waals surface area contributed by atoms with Gasteiger partial charge < -0.3 is 5.32 Å². The van der Waals surface area contributed by atoms with Crippen molar-refractivity contribution in [2.45, 2.75) is 39.7 Å². The van der Waals surface area contributed by atoms with Crippen LogP contribution in [-0.2, 0) is 6.42 Å². The van der Waals surface area contributed by atoms with E-state index in [1.165, 1.54) is 0 Å². The van der Waals surface area contributed by atoms with Crippen molar-refractivity contribution in [2.24, 2.45) is 0 Å². The number of aromatic nitrogens is 2. The molecule has 0 amide bonds. The zero-order valence-corrected chi connectivity index (χ0v) is 11.8. The molecule has 1 aromatic carbocycles. The second kappa shape index (κ2) is 5.53. The SMILES string of the molecule is CCc1nc(N[C@@H](C)CC)c2ccc(Cl)cc2n1. The largest absolute Gasteiger partial charge is 0.367 e. The lowest BCUT2D eigenvalue weighted by atomic mass is 10.2. The smallest absolute Gasteiger partial charge is 0.137 e. The Balaban J connectivity index is 2.55. The van der Waals surface area contributed by atoms with Crippen molar-refractivity contribution in [3.8, 4) is 0 Å². The average molecular weight is 264 g/mol. The molecule has 0 fully saturated rings. The van der Waals surface area contributed by atoms with Crippen LogP contribution in [0.15, 0.2) is 18.2 Å². The van der Waals surface area contributed by atoms with E-state index in [0.29, 0.717) is 11.1 Å². The monoisotopic (exact) mass is 263 g/mol. The van der Waals surface area contributed by atoms with E-state index in [4.69, 9.17) is 11.6 Å². The van der Waals surface area contributed by atoms with Crippen molar-refractivity contribution in [2.75, 3.05) is 5.32 Å². The van der Waals surface area contributed by atoms with Gasteiger partial charge in [0, 0.05) is 22.9 Å². The van der Waals surface area contributed by atoms with Gasteiger partial charge in [-0.1, -0.05) is 25.4 Å². The fourth-order valence-corrected chi connectivity index (χ4v) is 1.92. The Bertz CT molecular complexity index is 554. The van der Waals surface area contributed by atoms with Crippen molar-refractivity contribution in [1.82, 2.24) is 9.97 Å². The molecule has 0 saturated carbocycles. The molecule has 96 valence electrons. The summed E-state index contributed by atoms with van der Waals surface area (Å²) in [6.07, 6.45) is 1.87. The molecule has 1 N–H and O–H groups in total. The second-order valence-electron chi connectivity index (χ2n) is 4.46. The molecule has 4 heteroatoms. The van der Waals surface area contributed by atoms with E-state index in [0.717, 1.165) is 35.4 Å². The van der Waals surface area contributed by atoms with Gasteiger partial charge in [-0.3, -0.25) is 0 Å². The number of aryl methyl sites for hydroxylation is 1. The van der Waals surface area contributed by atoms with E-state index in [1.54, 1.807) is 0 Å². The maximum Gasteiger partial charge on any atom is 0.137 e. The Morgan fingerprint density at radius 1 is 1.28 bits per heavy atom. The van der Waals surface area contributed by atoms with Crippen LogP contribution in [0.4, 0.5) is 5.82 Å². The van der Waals surface area contributed by atoms with Crippen molar-refractivity contribution >= 4 is 28.3 Å². The fraction of sp³-hybridized carbons (Fsp3) is 0.429. The summed E-state index contributed by atoms with van der Waals surface area (Å²) in [7, 11) is 0. The summed E-state index contributed by atoms with van der Waals surface area (Å²) >= 11 is 6.02. The van der Waals surface area contributed by atoms with Crippen LogP contribution in [0.2, 0.25) is 5.02 Å². The average Bonchev–Trinajstić information content (AvgIpc) is 2.37. The van der Waals surface area contributed by atoms with Crippen molar-refractivity contribution in [3.63, 3.8) is 0 Å². The van der Waals surface area contributed by atoms with Crippen LogP contribution in [-0.4, -0.2) is 16.0 Å². The third-order valence-corrected chi connectivity index (χ3v) is 3.25. The van der Waals surface area contributed by atoms with Gasteiger partial charge in [-0.15, -0.1) is 0 Å². The first kappa shape index (κ1) is 13.1. The molecule has 0 radical (unpaired) electrons. The molecule has 0 aliphatic carbocycles. The van der Waals surface area contributed by atoms with Crippen LogP contribution in [0.25, 0.3) is 10.9 Å². The highest BCUT2D eigenvalue weighted by Crippen LogP contribution is 2.24. The third kappa shape index (κ3) is 2.72. The molecule has 3 nitrogen and oxygen atoms in total. The Hall–Kier alpha value is -1.35. The molecule has 0 aliphatic heterocycles. The van der Waals surface area contributed by atoms with Gasteiger partial charge in [-0.25, -0.2) is 9.97 Å². The van der Waals surface area contributed by atoms with E-state index in [9.17, 15) is 0 Å². The topological polar surface area (TPSA) is 37.8 Å². The van der Waals surface area contributed by atoms with Gasteiger partial charge in [-0.05, 0) is 31.5 Å². The van der Waals surface area contributed by atoms with E-state index < -0.39 is 0 Å². The molecule has 0 spiro atoms. The van der Waals surface area contributed by atoms with E-state index in [1.807, 2.05) is 18.2 Å². The number of anilines is 1. The minimum absolute atomic E-state index is 0.392. The summed E-state index contributed by atoms with van der Waals surface area (Å²) in [4.78, 5) is 9.08. The normalized spacial score (nSPS) is 12.7. The van der Waals surface area contributed by atoms with Crippen LogP contribution in [0.3, 0.4) is 0 Å². The third-order valence-electron chi connectivity index (χ3n) is 3.02. The highest BCUT2D eigenvalue weighted by atomic mass is 35.5. The van der Waals surface area contributed by atoms with Gasteiger partial charge in [0.25, 0.3) is 0 Å². The van der Waals surface area contributed by atoms with Gasteiger partial charge in [-0.2, -0.15) is 0 Å². The summed E-state index contributed by atoms with van der Waals surface area (Å²) in [6, 6.07) is 6.13. The lowest BCUT2D eigenvalue weighted by Crippen LogP contribution is -2.15. The maximum absolute atomic E-state index is 6.02. The van der Waals surface area contributed by atoms with Gasteiger partial charge in [0.1, 0.15) is 11.6 Å². The molecule has 0 aliphatic rings. The van der Waals surface area contributed by atoms with Crippen molar-refractivity contribution < 1.29 is 0 Å². The Morgan fingerprint density at radius 3 is 2.72 bits per heavy atom. The summed E-state index contributed by atoms with van der Waals surface area (Å²) in [6.45, 7) is 6.35. The molecule has 0 unspecified atom stereocenters. The van der Waals surface area contributed by atoms with Gasteiger partial charge >= 0.3 is 0 Å². The molecule has 18 heavy (non-hydrogen) atoms. The number of benzene rings is 1. The minimum atomic E-state index is 0.392. The molecular weight excluding hydrogens is 246 g/mol. The molecule has 1 aromatic heterocycles. The lowest BCUT2D eigenvalue weighted by Gasteiger charge is -2.15. The Labute approximate surface area is 113 Å². The number of nitrogens with zero attached hydrogens (tertiary/aromatic N) is 2. The summed E-state index contributed by atoms with van der Waals surface area (Å²) in [5.74, 6) is 1.75. The highest BCUT2D eigenvalue weighted by molar-refractivity contribution is 6.31. The number of hydrogen-bond donors (Lipinski definition) is 1. The molecule has 0 bridgehead atoms. The first-order valence-corrected chi connectivity index (χ1v) is 6.74. The molecule has 2 rings (SSSR count). The van der Waals surface area contributed by atoms with Crippen molar-refractivity contribution in [1.29, 1.82) is 0 Å². The van der Waals surface area contributed by atoms with Crippen molar-refractivity contribution in [3.05, 3.63) is 29.0 Å². The van der Waals surface area contributed by atoms with E-state index >= 15 is 0 Å². The van der Waals surface area contributed by atoms with E-state index in [-0.39, 0.29) is 0 Å². The highest BCUT2D eigenvalue weighted by Gasteiger charge is 2.09. The molecule has 1 heterocycles. The van der Waals surface area contributed by atoms with Gasteiger partial charge in [0.05, 0.1) is 5.52 Å². The molecule has 2 aromatic rings. The number of nitrogens with one attached hydrogen (secondary N) is 1. The lowest BCUT2D eigenvalue weighted by molar-refractivity contribution is 0.758. The summed E-state index contributed by atoms with van der Waals surface area (Å²) in [5, 5.41) is 5.17. The zero-order chi connectivity index (χ0) is 13.1. The summed E-state index contributed by atoms with van der Waals surface area (Å²) in [5.41, 5.74) is 0.903. The Morgan fingerprint density at radius 2 is 2.06 bits per heavy atom. The first-order chi connectivity index (χ1) is 8.63. The minimum Gasteiger partial charge on any atom is -0.367 e. The quantitative estimate of drug-likeness (QED) is 0.904. The number of fused-ring (bicyclic) bond motifs is 1. The Kier molecular flexibility index (Phi) is 4.02. The van der Waals surface area contributed by atoms with E-state index in [2.05, 4.69) is 36.1 Å².